The highest BCUT2D eigenvalue weighted by atomic mass is 32.2. The van der Waals surface area contributed by atoms with Crippen molar-refractivity contribution in [1.82, 2.24) is 4.90 Å². The molecule has 0 aliphatic carbocycles. The lowest BCUT2D eigenvalue weighted by Gasteiger charge is -2.17. The zero-order valence-corrected chi connectivity index (χ0v) is 17.5. The molecule has 0 heterocycles. The molecule has 2 rings (SSSR count). The van der Waals surface area contributed by atoms with Gasteiger partial charge < -0.3 is 15.0 Å². The maximum absolute atomic E-state index is 12.3. The molecule has 0 saturated heterocycles. The number of hydrogen-bond donors (Lipinski definition) is 1. The van der Waals surface area contributed by atoms with E-state index in [0.717, 1.165) is 5.56 Å². The van der Waals surface area contributed by atoms with Crippen LogP contribution >= 0.6 is 0 Å². The van der Waals surface area contributed by atoms with Crippen LogP contribution in [0, 0.1) is 6.92 Å². The summed E-state index contributed by atoms with van der Waals surface area (Å²) in [6.07, 6.45) is 0. The number of nitrogens with one attached hydrogen (secondary N) is 1. The fourth-order valence-corrected chi connectivity index (χ4v) is 3.38. The van der Waals surface area contributed by atoms with Gasteiger partial charge in [0.2, 0.25) is 5.91 Å². The monoisotopic (exact) mass is 416 g/mol. The highest BCUT2D eigenvalue weighted by molar-refractivity contribution is 7.85. The number of rotatable bonds is 8. The maximum atomic E-state index is 12.3. The van der Waals surface area contributed by atoms with E-state index in [0.29, 0.717) is 16.3 Å². The molecule has 154 valence electrons. The van der Waals surface area contributed by atoms with Gasteiger partial charge in [-0.3, -0.25) is 13.8 Å². The van der Waals surface area contributed by atoms with Crippen molar-refractivity contribution in [1.29, 1.82) is 0 Å². The van der Waals surface area contributed by atoms with Crippen LogP contribution < -0.4 is 5.32 Å². The van der Waals surface area contributed by atoms with Gasteiger partial charge >= 0.3 is 5.97 Å². The molecule has 0 aromatic heterocycles. The number of ether oxygens (including phenoxy) is 1. The Bertz CT molecular complexity index is 912. The minimum absolute atomic E-state index is 0.167. The van der Waals surface area contributed by atoms with Gasteiger partial charge in [-0.25, -0.2) is 4.79 Å². The summed E-state index contributed by atoms with van der Waals surface area (Å²) in [5, 5.41) is 2.70. The third-order valence-electron chi connectivity index (χ3n) is 4.08. The Hall–Kier alpha value is -3.00. The third-order valence-corrected chi connectivity index (χ3v) is 5.45. The molecule has 2 aromatic carbocycles. The molecule has 0 saturated carbocycles. The molecule has 0 fully saturated rings. The van der Waals surface area contributed by atoms with E-state index in [2.05, 4.69) is 5.32 Å². The van der Waals surface area contributed by atoms with Crippen molar-refractivity contribution < 1.29 is 23.3 Å². The average Bonchev–Trinajstić information content (AvgIpc) is 2.72. The van der Waals surface area contributed by atoms with E-state index in [4.69, 9.17) is 4.74 Å². The number of amides is 2. The smallest absolute Gasteiger partial charge is 0.339 e. The van der Waals surface area contributed by atoms with Crippen molar-refractivity contribution in [2.45, 2.75) is 18.7 Å². The highest BCUT2D eigenvalue weighted by Crippen LogP contribution is 2.15. The number of anilines is 1. The second-order valence-corrected chi connectivity index (χ2v) is 8.08. The van der Waals surface area contributed by atoms with Gasteiger partial charge in [-0.2, -0.15) is 0 Å². The molecule has 8 heteroatoms. The highest BCUT2D eigenvalue weighted by Gasteiger charge is 2.19. The van der Waals surface area contributed by atoms with Gasteiger partial charge in [0.15, 0.2) is 6.61 Å². The first kappa shape index (κ1) is 22.3. The summed E-state index contributed by atoms with van der Waals surface area (Å²) in [5.74, 6) is -1.25. The number of carbonyl (C=O) groups is 3. The largest absolute Gasteiger partial charge is 0.452 e. The lowest BCUT2D eigenvalue weighted by molar-refractivity contribution is -0.136. The molecule has 0 aliphatic heterocycles. The van der Waals surface area contributed by atoms with Crippen LogP contribution in [0.5, 0.6) is 0 Å². The quantitative estimate of drug-likeness (QED) is 0.667. The molecule has 2 aromatic rings. The average molecular weight is 416 g/mol. The van der Waals surface area contributed by atoms with Crippen molar-refractivity contribution in [3.8, 4) is 0 Å². The van der Waals surface area contributed by atoms with Crippen LogP contribution in [0.15, 0.2) is 53.4 Å². The molecular weight excluding hydrogens is 392 g/mol. The minimum atomic E-state index is -1.32. The summed E-state index contributed by atoms with van der Waals surface area (Å²) in [6.45, 7) is 3.00. The molecule has 2 amide bonds. The number of esters is 1. The number of likely N-dealkylation sites (N-methyl/N-ethyl adjacent to an activating group) is 1. The Labute approximate surface area is 172 Å². The predicted octanol–water partition coefficient (Wildman–Crippen LogP) is 2.38. The van der Waals surface area contributed by atoms with Crippen LogP contribution in [0.2, 0.25) is 0 Å². The Morgan fingerprint density at radius 2 is 1.72 bits per heavy atom. The van der Waals surface area contributed by atoms with Gasteiger partial charge in [-0.05, 0) is 31.2 Å². The van der Waals surface area contributed by atoms with Crippen LogP contribution in [0.25, 0.3) is 0 Å². The summed E-state index contributed by atoms with van der Waals surface area (Å²) in [7, 11) is 0.126. The normalized spacial score (nSPS) is 11.4. The number of carbonyl (C=O) groups excluding carboxylic acids is 3. The van der Waals surface area contributed by atoms with Crippen molar-refractivity contribution in [3.63, 3.8) is 0 Å². The molecule has 0 radical (unpaired) electrons. The van der Waals surface area contributed by atoms with Gasteiger partial charge in [-0.1, -0.05) is 36.8 Å². The van der Waals surface area contributed by atoms with E-state index >= 15 is 0 Å². The number of aryl methyl sites for hydroxylation is 1. The maximum Gasteiger partial charge on any atom is 0.339 e. The van der Waals surface area contributed by atoms with Gasteiger partial charge in [0.05, 0.1) is 27.8 Å². The lowest BCUT2D eigenvalue weighted by Crippen LogP contribution is -2.37. The van der Waals surface area contributed by atoms with Crippen molar-refractivity contribution in [2.24, 2.45) is 0 Å². The lowest BCUT2D eigenvalue weighted by atomic mass is 10.2. The first-order valence-corrected chi connectivity index (χ1v) is 10.4. The van der Waals surface area contributed by atoms with Crippen LogP contribution in [0.3, 0.4) is 0 Å². The second-order valence-electron chi connectivity index (χ2n) is 6.37. The molecule has 0 bridgehead atoms. The van der Waals surface area contributed by atoms with Crippen molar-refractivity contribution in [3.05, 3.63) is 59.7 Å². The van der Waals surface area contributed by atoms with Crippen LogP contribution in [-0.2, 0) is 25.1 Å². The topological polar surface area (TPSA) is 92.8 Å². The summed E-state index contributed by atoms with van der Waals surface area (Å²) >= 11 is 0. The van der Waals surface area contributed by atoms with E-state index in [1.165, 1.54) is 18.0 Å². The Balaban J connectivity index is 1.88. The first-order valence-electron chi connectivity index (χ1n) is 9.06. The first-order chi connectivity index (χ1) is 13.8. The van der Waals surface area contributed by atoms with E-state index in [9.17, 15) is 18.6 Å². The fraction of sp³-hybridized carbons (Fsp3) is 0.286. The fourth-order valence-electron chi connectivity index (χ4n) is 2.45. The molecule has 7 nitrogen and oxygen atoms in total. The van der Waals surface area contributed by atoms with E-state index in [-0.39, 0.29) is 18.0 Å². The molecule has 0 aliphatic rings. The summed E-state index contributed by atoms with van der Waals surface area (Å²) < 4.78 is 17.1. The number of nitrogens with zero attached hydrogens (tertiary/aromatic N) is 1. The predicted molar refractivity (Wildman–Crippen MR) is 111 cm³/mol. The van der Waals surface area contributed by atoms with Crippen molar-refractivity contribution in [2.75, 3.05) is 31.3 Å². The van der Waals surface area contributed by atoms with Gasteiger partial charge in [-0.15, -0.1) is 0 Å². The second kappa shape index (κ2) is 10.5. The Kier molecular flexibility index (Phi) is 8.09. The summed E-state index contributed by atoms with van der Waals surface area (Å²) in [6, 6.07) is 13.7. The van der Waals surface area contributed by atoms with E-state index < -0.39 is 29.3 Å². The zero-order valence-electron chi connectivity index (χ0n) is 16.6. The molecule has 1 N–H and O–H groups in total. The SMILES string of the molecule is CC[S@@](=O)c1ccccc1C(=O)OCC(=O)N(C)CC(=O)Nc1ccc(C)cc1. The molecule has 29 heavy (non-hydrogen) atoms. The molecule has 1 atom stereocenters. The van der Waals surface area contributed by atoms with Crippen LogP contribution in [-0.4, -0.2) is 52.8 Å². The summed E-state index contributed by atoms with van der Waals surface area (Å²) in [5.41, 5.74) is 1.87. The molecule has 0 unspecified atom stereocenters. The third kappa shape index (κ3) is 6.53. The van der Waals surface area contributed by atoms with E-state index in [1.54, 1.807) is 37.3 Å². The Morgan fingerprint density at radius 3 is 2.38 bits per heavy atom. The molecule has 0 spiro atoms. The van der Waals surface area contributed by atoms with Crippen molar-refractivity contribution >= 4 is 34.3 Å². The van der Waals surface area contributed by atoms with E-state index in [1.807, 2.05) is 19.1 Å². The molecular formula is C21H24N2O5S. The van der Waals surface area contributed by atoms with Gasteiger partial charge in [0, 0.05) is 18.5 Å². The van der Waals surface area contributed by atoms with Gasteiger partial charge in [0.25, 0.3) is 5.91 Å². The van der Waals surface area contributed by atoms with Gasteiger partial charge in [0.1, 0.15) is 0 Å². The summed E-state index contributed by atoms with van der Waals surface area (Å²) in [4.78, 5) is 38.1. The standard InChI is InChI=1S/C21H24N2O5S/c1-4-29(27)18-8-6-5-7-17(18)21(26)28-14-20(25)23(3)13-19(24)22-16-11-9-15(2)10-12-16/h5-12H,4,13-14H2,1-3H3,(H,22,24)/t29-/m1/s1. The Morgan fingerprint density at radius 1 is 1.07 bits per heavy atom. The van der Waals surface area contributed by atoms with Crippen LogP contribution in [0.4, 0.5) is 5.69 Å². The minimum Gasteiger partial charge on any atom is -0.452 e. The van der Waals surface area contributed by atoms with Crippen LogP contribution in [0.1, 0.15) is 22.8 Å². The number of benzene rings is 2. The number of hydrogen-bond acceptors (Lipinski definition) is 5. The zero-order chi connectivity index (χ0) is 21.4.